The van der Waals surface area contributed by atoms with Gasteiger partial charge in [-0.1, -0.05) is 54.2 Å². The molecule has 0 spiro atoms. The number of aryl methyl sites for hydroxylation is 3. The summed E-state index contributed by atoms with van der Waals surface area (Å²) in [5.74, 6) is 0.447. The van der Waals surface area contributed by atoms with Crippen LogP contribution >= 0.6 is 23.1 Å². The lowest BCUT2D eigenvalue weighted by Gasteiger charge is -2.14. The van der Waals surface area contributed by atoms with Crippen molar-refractivity contribution < 1.29 is 9.13 Å². The molecular formula is C26H25FN2O2S2. The monoisotopic (exact) mass is 480 g/mol. The molecule has 2 heterocycles. The molecule has 0 saturated heterocycles. The molecule has 0 N–H and O–H groups in total. The van der Waals surface area contributed by atoms with E-state index in [4.69, 9.17) is 9.72 Å². The smallest absolute Gasteiger partial charge is 0.263 e. The number of rotatable bonds is 8. The van der Waals surface area contributed by atoms with Gasteiger partial charge in [-0.25, -0.2) is 9.37 Å². The molecule has 4 nitrogen and oxygen atoms in total. The molecule has 0 fully saturated rings. The SMILES string of the molecule is O=c1c2c3c(sc2nc(SCCOc2ccccc2F)n1CCc1ccccc1)CCCC3. The molecule has 170 valence electrons. The number of thioether (sulfide) groups is 1. The number of benzene rings is 2. The second kappa shape index (κ2) is 10.1. The van der Waals surface area contributed by atoms with Gasteiger partial charge in [-0.2, -0.15) is 0 Å². The summed E-state index contributed by atoms with van der Waals surface area (Å²) in [5, 5.41) is 1.52. The highest BCUT2D eigenvalue weighted by Gasteiger charge is 2.22. The molecule has 33 heavy (non-hydrogen) atoms. The third-order valence-electron chi connectivity index (χ3n) is 5.92. The maximum atomic E-state index is 13.8. The van der Waals surface area contributed by atoms with Crippen LogP contribution in [0.15, 0.2) is 64.5 Å². The van der Waals surface area contributed by atoms with Crippen LogP contribution in [0, 0.1) is 5.82 Å². The van der Waals surface area contributed by atoms with E-state index in [1.807, 2.05) is 22.8 Å². The van der Waals surface area contributed by atoms with Gasteiger partial charge in [-0.15, -0.1) is 11.3 Å². The number of hydrogen-bond donors (Lipinski definition) is 0. The van der Waals surface area contributed by atoms with Crippen molar-refractivity contribution >= 4 is 33.3 Å². The van der Waals surface area contributed by atoms with E-state index in [0.717, 1.165) is 35.9 Å². The number of hydrogen-bond acceptors (Lipinski definition) is 5. The summed E-state index contributed by atoms with van der Waals surface area (Å²) in [4.78, 5) is 20.7. The lowest BCUT2D eigenvalue weighted by atomic mass is 9.97. The molecule has 0 aliphatic heterocycles. The van der Waals surface area contributed by atoms with Gasteiger partial charge in [0.1, 0.15) is 4.83 Å². The Hall–Kier alpha value is -2.64. The molecule has 0 radical (unpaired) electrons. The Kier molecular flexibility index (Phi) is 6.78. The van der Waals surface area contributed by atoms with Crippen LogP contribution in [0.25, 0.3) is 10.2 Å². The first-order chi connectivity index (χ1) is 16.2. The molecule has 7 heteroatoms. The molecule has 0 bridgehead atoms. The van der Waals surface area contributed by atoms with Gasteiger partial charge in [-0.3, -0.25) is 9.36 Å². The van der Waals surface area contributed by atoms with Crippen LogP contribution in [0.4, 0.5) is 4.39 Å². The first-order valence-electron chi connectivity index (χ1n) is 11.3. The minimum Gasteiger partial charge on any atom is -0.490 e. The van der Waals surface area contributed by atoms with Crippen molar-refractivity contribution in [3.8, 4) is 5.75 Å². The number of thiophene rings is 1. The van der Waals surface area contributed by atoms with E-state index in [1.54, 1.807) is 29.5 Å². The Labute approximate surface area is 200 Å². The molecule has 2 aromatic heterocycles. The van der Waals surface area contributed by atoms with Crippen LogP contribution in [0.3, 0.4) is 0 Å². The Bertz CT molecular complexity index is 1320. The van der Waals surface area contributed by atoms with Gasteiger partial charge in [0.05, 0.1) is 12.0 Å². The van der Waals surface area contributed by atoms with Crippen molar-refractivity contribution in [3.63, 3.8) is 0 Å². The molecule has 1 aliphatic rings. The van der Waals surface area contributed by atoms with Crippen LogP contribution in [0.5, 0.6) is 5.75 Å². The van der Waals surface area contributed by atoms with Crippen LogP contribution in [0.1, 0.15) is 28.8 Å². The standard InChI is InChI=1S/C26H25FN2O2S2/c27-20-11-5-6-12-21(20)31-16-17-32-26-28-24-23(19-10-4-7-13-22(19)33-24)25(30)29(26)15-14-18-8-2-1-3-9-18/h1-3,5-6,8-9,11-12H,4,7,10,13-17H2. The molecule has 0 atom stereocenters. The van der Waals surface area contributed by atoms with Gasteiger partial charge >= 0.3 is 0 Å². The highest BCUT2D eigenvalue weighted by Crippen LogP contribution is 2.34. The van der Waals surface area contributed by atoms with Gasteiger partial charge in [0.2, 0.25) is 0 Å². The highest BCUT2D eigenvalue weighted by molar-refractivity contribution is 7.99. The summed E-state index contributed by atoms with van der Waals surface area (Å²) in [5.41, 5.74) is 2.47. The lowest BCUT2D eigenvalue weighted by Crippen LogP contribution is -2.25. The van der Waals surface area contributed by atoms with Crippen LogP contribution < -0.4 is 10.3 Å². The third kappa shape index (κ3) is 4.84. The second-order valence-corrected chi connectivity index (χ2v) is 10.3. The quantitative estimate of drug-likeness (QED) is 0.179. The summed E-state index contributed by atoms with van der Waals surface area (Å²) < 4.78 is 21.2. The normalized spacial score (nSPS) is 13.2. The fourth-order valence-electron chi connectivity index (χ4n) is 4.26. The van der Waals surface area contributed by atoms with Gasteiger partial charge in [0.25, 0.3) is 5.56 Å². The van der Waals surface area contributed by atoms with Crippen LogP contribution in [0.2, 0.25) is 0 Å². The van der Waals surface area contributed by atoms with Crippen molar-refractivity contribution in [2.75, 3.05) is 12.4 Å². The molecule has 0 saturated carbocycles. The molecule has 0 unspecified atom stereocenters. The van der Waals surface area contributed by atoms with Gasteiger partial charge in [-0.05, 0) is 55.4 Å². The van der Waals surface area contributed by atoms with Crippen molar-refractivity contribution in [2.24, 2.45) is 0 Å². The number of fused-ring (bicyclic) bond motifs is 3. The van der Waals surface area contributed by atoms with Crippen LogP contribution in [-0.4, -0.2) is 21.9 Å². The number of para-hydroxylation sites is 1. The second-order valence-electron chi connectivity index (χ2n) is 8.11. The Morgan fingerprint density at radius 1 is 1.06 bits per heavy atom. The molecule has 4 aromatic rings. The van der Waals surface area contributed by atoms with Crippen molar-refractivity contribution in [2.45, 2.75) is 43.8 Å². The molecular weight excluding hydrogens is 455 g/mol. The average molecular weight is 481 g/mol. The summed E-state index contributed by atoms with van der Waals surface area (Å²) >= 11 is 3.16. The fraction of sp³-hybridized carbons (Fsp3) is 0.308. The fourth-order valence-corrected chi connectivity index (χ4v) is 6.40. The maximum Gasteiger partial charge on any atom is 0.263 e. The minimum absolute atomic E-state index is 0.0628. The summed E-state index contributed by atoms with van der Waals surface area (Å²) in [6.07, 6.45) is 5.08. The molecule has 0 amide bonds. The van der Waals surface area contributed by atoms with E-state index < -0.39 is 0 Å². The van der Waals surface area contributed by atoms with Crippen molar-refractivity contribution in [3.05, 3.63) is 86.8 Å². The first kappa shape index (κ1) is 22.2. The zero-order valence-electron chi connectivity index (χ0n) is 18.3. The minimum atomic E-state index is -0.369. The highest BCUT2D eigenvalue weighted by atomic mass is 32.2. The molecule has 2 aromatic carbocycles. The van der Waals surface area contributed by atoms with Gasteiger partial charge in [0.15, 0.2) is 16.7 Å². The maximum absolute atomic E-state index is 13.8. The largest absolute Gasteiger partial charge is 0.490 e. The van der Waals surface area contributed by atoms with E-state index in [-0.39, 0.29) is 17.1 Å². The zero-order chi connectivity index (χ0) is 22.6. The Morgan fingerprint density at radius 3 is 2.70 bits per heavy atom. The number of halogens is 1. The average Bonchev–Trinajstić information content (AvgIpc) is 3.22. The number of ether oxygens (including phenoxy) is 1. The van der Waals surface area contributed by atoms with E-state index in [0.29, 0.717) is 24.1 Å². The summed E-state index contributed by atoms with van der Waals surface area (Å²) in [6.45, 7) is 0.909. The molecule has 1 aliphatic carbocycles. The molecule has 5 rings (SSSR count). The van der Waals surface area contributed by atoms with Crippen molar-refractivity contribution in [1.29, 1.82) is 0 Å². The van der Waals surface area contributed by atoms with E-state index in [9.17, 15) is 9.18 Å². The summed E-state index contributed by atoms with van der Waals surface area (Å²) in [6, 6.07) is 16.6. The van der Waals surface area contributed by atoms with Gasteiger partial charge in [0, 0.05) is 17.2 Å². The number of nitrogens with zero attached hydrogens (tertiary/aromatic N) is 2. The number of aromatic nitrogens is 2. The van der Waals surface area contributed by atoms with E-state index in [2.05, 4.69) is 12.1 Å². The topological polar surface area (TPSA) is 44.1 Å². The predicted molar refractivity (Wildman–Crippen MR) is 133 cm³/mol. The first-order valence-corrected chi connectivity index (χ1v) is 13.1. The van der Waals surface area contributed by atoms with E-state index >= 15 is 0 Å². The van der Waals surface area contributed by atoms with Crippen molar-refractivity contribution in [1.82, 2.24) is 9.55 Å². The lowest BCUT2D eigenvalue weighted by molar-refractivity contribution is 0.324. The van der Waals surface area contributed by atoms with Gasteiger partial charge < -0.3 is 4.74 Å². The summed E-state index contributed by atoms with van der Waals surface area (Å²) in [7, 11) is 0. The third-order valence-corrected chi connectivity index (χ3v) is 8.04. The Balaban J connectivity index is 1.41. The Morgan fingerprint density at radius 2 is 1.85 bits per heavy atom. The predicted octanol–water partition coefficient (Wildman–Crippen LogP) is 5.89. The van der Waals surface area contributed by atoms with E-state index in [1.165, 1.54) is 40.3 Å². The zero-order valence-corrected chi connectivity index (χ0v) is 19.9. The van der Waals surface area contributed by atoms with Crippen LogP contribution in [-0.2, 0) is 25.8 Å².